The molecular weight excluding hydrogens is 202 g/mol. The first-order chi connectivity index (χ1) is 7.20. The Kier molecular flexibility index (Phi) is 2.95. The summed E-state index contributed by atoms with van der Waals surface area (Å²) in [6.07, 6.45) is 0.732. The van der Waals surface area contributed by atoms with E-state index in [4.69, 9.17) is 5.73 Å². The maximum atomic E-state index is 12.2. The van der Waals surface area contributed by atoms with Crippen molar-refractivity contribution in [2.24, 2.45) is 11.7 Å². The van der Waals surface area contributed by atoms with Gasteiger partial charge in [0.2, 0.25) is 0 Å². The molecule has 1 saturated carbocycles. The maximum Gasteiger partial charge on any atom is 0.257 e. The molecule has 1 aliphatic rings. The molecule has 1 aromatic heterocycles. The monoisotopic (exact) mass is 216 g/mol. The number of hydrogen-bond donors (Lipinski definition) is 1. The first kappa shape index (κ1) is 10.5. The molecule has 1 aliphatic carbocycles. The van der Waals surface area contributed by atoms with E-state index in [0.717, 1.165) is 12.1 Å². The fourth-order valence-electron chi connectivity index (χ4n) is 1.62. The van der Waals surface area contributed by atoms with Gasteiger partial charge in [0, 0.05) is 6.54 Å². The lowest BCUT2D eigenvalue weighted by molar-refractivity contribution is 0.119. The summed E-state index contributed by atoms with van der Waals surface area (Å²) in [6, 6.07) is 0. The third-order valence-corrected chi connectivity index (χ3v) is 2.60. The fourth-order valence-corrected chi connectivity index (χ4v) is 1.62. The van der Waals surface area contributed by atoms with E-state index in [2.05, 4.69) is 10.3 Å². The minimum absolute atomic E-state index is 0.269. The lowest BCUT2D eigenvalue weighted by Crippen LogP contribution is -2.13. The van der Waals surface area contributed by atoms with E-state index in [0.29, 0.717) is 11.6 Å². The van der Waals surface area contributed by atoms with Crippen LogP contribution in [0.25, 0.3) is 0 Å². The zero-order chi connectivity index (χ0) is 10.8. The number of nitrogens with two attached hydrogens (primary N) is 1. The largest absolute Gasteiger partial charge is 0.325 e. The Morgan fingerprint density at radius 1 is 1.47 bits per heavy atom. The molecule has 2 N–H and O–H groups in total. The van der Waals surface area contributed by atoms with Gasteiger partial charge in [-0.15, -0.1) is 5.10 Å². The molecular formula is C9H14F2N4. The summed E-state index contributed by atoms with van der Waals surface area (Å²) in [5.41, 5.74) is 6.93. The van der Waals surface area contributed by atoms with Crippen LogP contribution >= 0.6 is 0 Å². The van der Waals surface area contributed by atoms with Gasteiger partial charge in [0.1, 0.15) is 6.54 Å². The van der Waals surface area contributed by atoms with Gasteiger partial charge in [-0.2, -0.15) is 0 Å². The number of aromatic nitrogens is 3. The van der Waals surface area contributed by atoms with Gasteiger partial charge < -0.3 is 5.73 Å². The molecule has 84 valence electrons. The Hall–Kier alpha value is -1.04. The highest BCUT2D eigenvalue weighted by atomic mass is 19.3. The highest BCUT2D eigenvalue weighted by molar-refractivity contribution is 5.12. The molecule has 0 aromatic carbocycles. The summed E-state index contributed by atoms with van der Waals surface area (Å²) in [7, 11) is 0. The number of rotatable bonds is 5. The molecule has 1 fully saturated rings. The van der Waals surface area contributed by atoms with Gasteiger partial charge in [-0.05, 0) is 25.2 Å². The van der Waals surface area contributed by atoms with Gasteiger partial charge in [0.05, 0.1) is 11.4 Å². The van der Waals surface area contributed by atoms with Gasteiger partial charge in [-0.3, -0.25) is 0 Å². The van der Waals surface area contributed by atoms with Crippen molar-refractivity contribution in [2.45, 2.75) is 38.8 Å². The molecule has 0 amide bonds. The van der Waals surface area contributed by atoms with Crippen molar-refractivity contribution in [1.82, 2.24) is 15.0 Å². The van der Waals surface area contributed by atoms with Crippen LogP contribution in [0.3, 0.4) is 0 Å². The normalized spacial score (nSPS) is 16.3. The predicted octanol–water partition coefficient (Wildman–Crippen LogP) is 0.954. The summed E-state index contributed by atoms with van der Waals surface area (Å²) in [6.45, 7) is -0.111. The molecule has 1 heterocycles. The van der Waals surface area contributed by atoms with Crippen molar-refractivity contribution >= 4 is 0 Å². The molecule has 0 radical (unpaired) electrons. The van der Waals surface area contributed by atoms with Crippen molar-refractivity contribution < 1.29 is 8.78 Å². The zero-order valence-corrected chi connectivity index (χ0v) is 8.37. The van der Waals surface area contributed by atoms with Crippen LogP contribution in [0.1, 0.15) is 24.2 Å². The third-order valence-electron chi connectivity index (χ3n) is 2.60. The number of halogens is 2. The first-order valence-electron chi connectivity index (χ1n) is 5.10. The van der Waals surface area contributed by atoms with E-state index in [-0.39, 0.29) is 13.1 Å². The molecule has 15 heavy (non-hydrogen) atoms. The van der Waals surface area contributed by atoms with Crippen LogP contribution in [0.5, 0.6) is 0 Å². The molecule has 1 aromatic rings. The van der Waals surface area contributed by atoms with Crippen LogP contribution in [0.4, 0.5) is 8.78 Å². The van der Waals surface area contributed by atoms with E-state index < -0.39 is 6.43 Å². The second-order valence-corrected chi connectivity index (χ2v) is 3.91. The molecule has 4 nitrogen and oxygen atoms in total. The second kappa shape index (κ2) is 4.22. The maximum absolute atomic E-state index is 12.2. The van der Waals surface area contributed by atoms with E-state index in [1.54, 1.807) is 0 Å². The quantitative estimate of drug-likeness (QED) is 0.797. The van der Waals surface area contributed by atoms with Crippen molar-refractivity contribution in [1.29, 1.82) is 0 Å². The second-order valence-electron chi connectivity index (χ2n) is 3.91. The Bertz CT molecular complexity index is 333. The van der Waals surface area contributed by atoms with Crippen molar-refractivity contribution in [3.8, 4) is 0 Å². The highest BCUT2D eigenvalue weighted by Crippen LogP contribution is 2.33. The van der Waals surface area contributed by atoms with Gasteiger partial charge in [0.15, 0.2) is 0 Å². The van der Waals surface area contributed by atoms with Gasteiger partial charge in [-0.25, -0.2) is 13.5 Å². The third kappa shape index (κ3) is 2.50. The number of hydrogen-bond acceptors (Lipinski definition) is 3. The molecule has 0 bridgehead atoms. The Morgan fingerprint density at radius 2 is 2.20 bits per heavy atom. The molecule has 0 aliphatic heterocycles. The Balaban J connectivity index is 2.15. The first-order valence-corrected chi connectivity index (χ1v) is 5.10. The average Bonchev–Trinajstić information content (AvgIpc) is 2.91. The van der Waals surface area contributed by atoms with Crippen LogP contribution in [-0.4, -0.2) is 21.4 Å². The summed E-state index contributed by atoms with van der Waals surface area (Å²) in [5, 5.41) is 7.54. The summed E-state index contributed by atoms with van der Waals surface area (Å²) in [4.78, 5) is 0. The molecule has 0 spiro atoms. The van der Waals surface area contributed by atoms with E-state index in [1.807, 2.05) is 0 Å². The lowest BCUT2D eigenvalue weighted by Gasteiger charge is -2.05. The fraction of sp³-hybridized carbons (Fsp3) is 0.778. The predicted molar refractivity (Wildman–Crippen MR) is 50.3 cm³/mol. The van der Waals surface area contributed by atoms with Crippen LogP contribution in [0.15, 0.2) is 0 Å². The SMILES string of the molecule is NCc1nnn(CC(F)F)c1CC1CC1. The van der Waals surface area contributed by atoms with Crippen LogP contribution in [0, 0.1) is 5.92 Å². The topological polar surface area (TPSA) is 56.7 Å². The Labute approximate surface area is 86.4 Å². The molecule has 2 rings (SSSR count). The Morgan fingerprint density at radius 3 is 2.73 bits per heavy atom. The van der Waals surface area contributed by atoms with Crippen molar-refractivity contribution in [2.75, 3.05) is 0 Å². The van der Waals surface area contributed by atoms with Crippen LogP contribution < -0.4 is 5.73 Å². The summed E-state index contributed by atoms with van der Waals surface area (Å²) >= 11 is 0. The number of nitrogens with zero attached hydrogens (tertiary/aromatic N) is 3. The van der Waals surface area contributed by atoms with Crippen LogP contribution in [0.2, 0.25) is 0 Å². The summed E-state index contributed by atoms with van der Waals surface area (Å²) in [5.74, 6) is 0.616. The minimum atomic E-state index is -2.39. The van der Waals surface area contributed by atoms with Gasteiger partial charge in [0.25, 0.3) is 6.43 Å². The van der Waals surface area contributed by atoms with E-state index in [9.17, 15) is 8.78 Å². The minimum Gasteiger partial charge on any atom is -0.325 e. The standard InChI is InChI=1S/C9H14F2N4/c10-9(11)5-15-8(3-6-1-2-6)7(4-12)13-14-15/h6,9H,1-5,12H2. The smallest absolute Gasteiger partial charge is 0.257 e. The van der Waals surface area contributed by atoms with Gasteiger partial charge in [-0.1, -0.05) is 5.21 Å². The summed E-state index contributed by atoms with van der Waals surface area (Å²) < 4.78 is 25.8. The van der Waals surface area contributed by atoms with Gasteiger partial charge >= 0.3 is 0 Å². The molecule has 0 atom stereocenters. The van der Waals surface area contributed by atoms with Crippen LogP contribution in [-0.2, 0) is 19.5 Å². The lowest BCUT2D eigenvalue weighted by atomic mass is 10.2. The zero-order valence-electron chi connectivity index (χ0n) is 8.37. The van der Waals surface area contributed by atoms with E-state index in [1.165, 1.54) is 17.5 Å². The molecule has 0 saturated heterocycles. The van der Waals surface area contributed by atoms with E-state index >= 15 is 0 Å². The van der Waals surface area contributed by atoms with Crippen molar-refractivity contribution in [3.63, 3.8) is 0 Å². The molecule has 6 heteroatoms. The van der Waals surface area contributed by atoms with Crippen molar-refractivity contribution in [3.05, 3.63) is 11.4 Å². The molecule has 0 unspecified atom stereocenters. The average molecular weight is 216 g/mol. The highest BCUT2D eigenvalue weighted by Gasteiger charge is 2.26. The number of alkyl halides is 2.